The summed E-state index contributed by atoms with van der Waals surface area (Å²) in [5.41, 5.74) is -0.0614. The van der Waals surface area contributed by atoms with Crippen LogP contribution in [-0.2, 0) is 0 Å². The van der Waals surface area contributed by atoms with Gasteiger partial charge in [-0.25, -0.2) is 0 Å². The number of nitrogens with one attached hydrogen (secondary N) is 1. The zero-order valence-corrected chi connectivity index (χ0v) is 13.6. The van der Waals surface area contributed by atoms with Crippen molar-refractivity contribution in [3.05, 3.63) is 0 Å². The minimum Gasteiger partial charge on any atom is -0.394 e. The first-order valence-electron chi connectivity index (χ1n) is 8.36. The number of nitrogens with zero attached hydrogens (tertiary/aromatic N) is 2. The Labute approximate surface area is 124 Å². The van der Waals surface area contributed by atoms with Gasteiger partial charge in [0.2, 0.25) is 0 Å². The molecule has 0 aromatic heterocycles. The Morgan fingerprint density at radius 2 is 1.90 bits per heavy atom. The standard InChI is InChI=1S/C16H33N3O/c1-4-9-17-16(13-20,14-5-6-14)12-19(3)15-7-10-18(2)11-8-15/h14-15,17,20H,4-13H2,1-3H3. The first kappa shape index (κ1) is 16.2. The smallest absolute Gasteiger partial charge is 0.0628 e. The second-order valence-corrected chi connectivity index (χ2v) is 6.96. The fourth-order valence-electron chi connectivity index (χ4n) is 3.58. The van der Waals surface area contributed by atoms with Crippen molar-refractivity contribution in [2.45, 2.75) is 50.6 Å². The predicted molar refractivity (Wildman–Crippen MR) is 84.0 cm³/mol. The predicted octanol–water partition coefficient (Wildman–Crippen LogP) is 1.15. The quantitative estimate of drug-likeness (QED) is 0.701. The van der Waals surface area contributed by atoms with Gasteiger partial charge in [0.1, 0.15) is 0 Å². The van der Waals surface area contributed by atoms with Crippen molar-refractivity contribution < 1.29 is 5.11 Å². The highest BCUT2D eigenvalue weighted by Crippen LogP contribution is 2.40. The first-order valence-corrected chi connectivity index (χ1v) is 8.36. The monoisotopic (exact) mass is 283 g/mol. The summed E-state index contributed by atoms with van der Waals surface area (Å²) in [4.78, 5) is 4.92. The number of rotatable bonds is 8. The molecule has 2 N–H and O–H groups in total. The topological polar surface area (TPSA) is 38.7 Å². The number of piperidine rings is 1. The molecule has 4 heteroatoms. The summed E-state index contributed by atoms with van der Waals surface area (Å²) >= 11 is 0. The Morgan fingerprint density at radius 3 is 2.40 bits per heavy atom. The maximum Gasteiger partial charge on any atom is 0.0628 e. The van der Waals surface area contributed by atoms with Crippen molar-refractivity contribution in [2.75, 3.05) is 46.9 Å². The normalized spacial score (nSPS) is 25.1. The third kappa shape index (κ3) is 3.94. The number of hydrogen-bond acceptors (Lipinski definition) is 4. The van der Waals surface area contributed by atoms with E-state index in [1.165, 1.54) is 38.8 Å². The molecule has 0 aromatic rings. The molecular formula is C16H33N3O. The molecule has 2 rings (SSSR count). The summed E-state index contributed by atoms with van der Waals surface area (Å²) in [5.74, 6) is 0.674. The molecule has 1 aliphatic heterocycles. The van der Waals surface area contributed by atoms with Crippen molar-refractivity contribution in [1.29, 1.82) is 0 Å². The van der Waals surface area contributed by atoms with Gasteiger partial charge in [0.05, 0.1) is 12.1 Å². The average Bonchev–Trinajstić information content (AvgIpc) is 3.29. The molecule has 0 aromatic carbocycles. The Kier molecular flexibility index (Phi) is 5.84. The van der Waals surface area contributed by atoms with Crippen molar-refractivity contribution in [3.8, 4) is 0 Å². The molecule has 20 heavy (non-hydrogen) atoms. The summed E-state index contributed by atoms with van der Waals surface area (Å²) in [6.45, 7) is 6.87. The Bertz CT molecular complexity index is 287. The van der Waals surface area contributed by atoms with Crippen LogP contribution in [0.25, 0.3) is 0 Å². The number of aliphatic hydroxyl groups excluding tert-OH is 1. The number of aliphatic hydroxyl groups is 1. The molecule has 118 valence electrons. The van der Waals surface area contributed by atoms with Gasteiger partial charge in [-0.3, -0.25) is 0 Å². The SMILES string of the molecule is CCCNC(CO)(CN(C)C1CCN(C)CC1)C1CC1. The van der Waals surface area contributed by atoms with E-state index in [1.54, 1.807) is 0 Å². The minimum absolute atomic E-state index is 0.0614. The van der Waals surface area contributed by atoms with Crippen LogP contribution >= 0.6 is 0 Å². The van der Waals surface area contributed by atoms with E-state index in [9.17, 15) is 5.11 Å². The van der Waals surface area contributed by atoms with Crippen LogP contribution in [0.3, 0.4) is 0 Å². The lowest BCUT2D eigenvalue weighted by atomic mass is 9.91. The minimum atomic E-state index is -0.0614. The molecule has 1 saturated heterocycles. The van der Waals surface area contributed by atoms with Gasteiger partial charge < -0.3 is 20.2 Å². The van der Waals surface area contributed by atoms with E-state index in [0.29, 0.717) is 12.0 Å². The third-order valence-corrected chi connectivity index (χ3v) is 5.21. The van der Waals surface area contributed by atoms with Crippen LogP contribution in [0, 0.1) is 5.92 Å². The van der Waals surface area contributed by atoms with E-state index in [4.69, 9.17) is 0 Å². The molecule has 0 spiro atoms. The van der Waals surface area contributed by atoms with E-state index < -0.39 is 0 Å². The van der Waals surface area contributed by atoms with Crippen LogP contribution in [0.1, 0.15) is 39.0 Å². The summed E-state index contributed by atoms with van der Waals surface area (Å²) < 4.78 is 0. The zero-order chi connectivity index (χ0) is 14.6. The number of likely N-dealkylation sites (tertiary alicyclic amines) is 1. The van der Waals surface area contributed by atoms with E-state index >= 15 is 0 Å². The van der Waals surface area contributed by atoms with Gasteiger partial charge in [0, 0.05) is 12.6 Å². The van der Waals surface area contributed by atoms with E-state index in [0.717, 1.165) is 19.5 Å². The van der Waals surface area contributed by atoms with E-state index in [2.05, 4.69) is 36.1 Å². The fraction of sp³-hybridized carbons (Fsp3) is 1.00. The molecule has 0 radical (unpaired) electrons. The first-order chi connectivity index (χ1) is 9.61. The van der Waals surface area contributed by atoms with Gasteiger partial charge >= 0.3 is 0 Å². The van der Waals surface area contributed by atoms with Crippen LogP contribution in [-0.4, -0.2) is 73.4 Å². The largest absolute Gasteiger partial charge is 0.394 e. The number of likely N-dealkylation sites (N-methyl/N-ethyl adjacent to an activating group) is 1. The molecule has 1 atom stereocenters. The van der Waals surface area contributed by atoms with Crippen LogP contribution < -0.4 is 5.32 Å². The lowest BCUT2D eigenvalue weighted by Gasteiger charge is -2.42. The van der Waals surface area contributed by atoms with Crippen molar-refractivity contribution in [2.24, 2.45) is 5.92 Å². The third-order valence-electron chi connectivity index (χ3n) is 5.21. The fourth-order valence-corrected chi connectivity index (χ4v) is 3.58. The molecule has 0 amide bonds. The lowest BCUT2D eigenvalue weighted by Crippen LogP contribution is -2.59. The maximum atomic E-state index is 10.0. The average molecular weight is 283 g/mol. The van der Waals surface area contributed by atoms with E-state index in [1.807, 2.05) is 0 Å². The Balaban J connectivity index is 1.92. The molecule has 2 aliphatic rings. The van der Waals surface area contributed by atoms with Gasteiger partial charge in [-0.1, -0.05) is 6.92 Å². The molecule has 1 heterocycles. The van der Waals surface area contributed by atoms with Crippen LogP contribution in [0.5, 0.6) is 0 Å². The molecule has 0 bridgehead atoms. The molecular weight excluding hydrogens is 250 g/mol. The van der Waals surface area contributed by atoms with Crippen LogP contribution in [0.15, 0.2) is 0 Å². The molecule has 4 nitrogen and oxygen atoms in total. The lowest BCUT2D eigenvalue weighted by molar-refractivity contribution is 0.0651. The highest BCUT2D eigenvalue weighted by Gasteiger charge is 2.45. The summed E-state index contributed by atoms with van der Waals surface area (Å²) in [5, 5.41) is 13.7. The van der Waals surface area contributed by atoms with Crippen LogP contribution in [0.4, 0.5) is 0 Å². The molecule has 1 unspecified atom stereocenters. The maximum absolute atomic E-state index is 10.0. The highest BCUT2D eigenvalue weighted by molar-refractivity contribution is 5.03. The van der Waals surface area contributed by atoms with Crippen molar-refractivity contribution in [1.82, 2.24) is 15.1 Å². The van der Waals surface area contributed by atoms with Gasteiger partial charge in [-0.2, -0.15) is 0 Å². The highest BCUT2D eigenvalue weighted by atomic mass is 16.3. The van der Waals surface area contributed by atoms with Gasteiger partial charge in [0.15, 0.2) is 0 Å². The van der Waals surface area contributed by atoms with E-state index in [-0.39, 0.29) is 12.1 Å². The summed E-state index contributed by atoms with van der Waals surface area (Å²) in [7, 11) is 4.46. The summed E-state index contributed by atoms with van der Waals surface area (Å²) in [6, 6.07) is 0.680. The van der Waals surface area contributed by atoms with Gasteiger partial charge in [-0.05, 0) is 71.8 Å². The molecule has 1 saturated carbocycles. The Morgan fingerprint density at radius 1 is 1.25 bits per heavy atom. The molecule has 1 aliphatic carbocycles. The second kappa shape index (κ2) is 7.21. The molecule has 2 fully saturated rings. The summed E-state index contributed by atoms with van der Waals surface area (Å²) in [6.07, 6.45) is 6.20. The van der Waals surface area contributed by atoms with Gasteiger partial charge in [-0.15, -0.1) is 0 Å². The van der Waals surface area contributed by atoms with Crippen molar-refractivity contribution >= 4 is 0 Å². The Hall–Kier alpha value is -0.160. The second-order valence-electron chi connectivity index (χ2n) is 6.96. The van der Waals surface area contributed by atoms with Crippen LogP contribution in [0.2, 0.25) is 0 Å². The zero-order valence-electron chi connectivity index (χ0n) is 13.6. The van der Waals surface area contributed by atoms with Gasteiger partial charge in [0.25, 0.3) is 0 Å². The number of hydrogen-bond donors (Lipinski definition) is 2. The van der Waals surface area contributed by atoms with Crippen molar-refractivity contribution in [3.63, 3.8) is 0 Å².